The third-order valence-corrected chi connectivity index (χ3v) is 3.66. The molecule has 0 fully saturated rings. The van der Waals surface area contributed by atoms with Gasteiger partial charge in [0.15, 0.2) is 0 Å². The second-order valence-corrected chi connectivity index (χ2v) is 5.20. The van der Waals surface area contributed by atoms with Crippen molar-refractivity contribution in [1.82, 2.24) is 9.97 Å². The van der Waals surface area contributed by atoms with Crippen LogP contribution in [0.1, 0.15) is 11.3 Å². The maximum absolute atomic E-state index is 11.9. The second-order valence-electron chi connectivity index (χ2n) is 3.99. The summed E-state index contributed by atoms with van der Waals surface area (Å²) >= 11 is 9.04. The minimum absolute atomic E-state index is 0.141. The van der Waals surface area contributed by atoms with Crippen molar-refractivity contribution in [3.63, 3.8) is 0 Å². The number of rotatable bonds is 3. The first kappa shape index (κ1) is 14.0. The van der Waals surface area contributed by atoms with E-state index in [1.165, 1.54) is 6.20 Å². The second kappa shape index (κ2) is 6.12. The Morgan fingerprint density at radius 1 is 1.47 bits per heavy atom. The van der Waals surface area contributed by atoms with Gasteiger partial charge in [0.2, 0.25) is 5.91 Å². The van der Waals surface area contributed by atoms with E-state index in [1.807, 2.05) is 19.1 Å². The Bertz CT molecular complexity index is 619. The molecule has 0 saturated heterocycles. The Morgan fingerprint density at radius 3 is 2.95 bits per heavy atom. The van der Waals surface area contributed by atoms with Crippen molar-refractivity contribution in [2.24, 2.45) is 0 Å². The fourth-order valence-electron chi connectivity index (χ4n) is 1.55. The number of nitrogens with one attached hydrogen (secondary N) is 1. The van der Waals surface area contributed by atoms with Crippen molar-refractivity contribution < 1.29 is 4.79 Å². The highest BCUT2D eigenvalue weighted by Crippen LogP contribution is 2.22. The van der Waals surface area contributed by atoms with E-state index >= 15 is 0 Å². The molecule has 2 aromatic heterocycles. The molecule has 6 heteroatoms. The number of amides is 1. The number of aromatic nitrogens is 2. The molecular weight excluding hydrogens is 330 g/mol. The minimum atomic E-state index is -0.141. The molecule has 2 rings (SSSR count). The SMILES string of the molecule is Cc1cccnc1CC(=O)Nc1cnc(Cl)c(Br)c1. The zero-order chi connectivity index (χ0) is 13.8. The third-order valence-electron chi connectivity index (χ3n) is 2.53. The summed E-state index contributed by atoms with van der Waals surface area (Å²) in [5.41, 5.74) is 2.35. The van der Waals surface area contributed by atoms with Crippen molar-refractivity contribution in [2.75, 3.05) is 5.32 Å². The van der Waals surface area contributed by atoms with Crippen LogP contribution in [0.2, 0.25) is 5.15 Å². The van der Waals surface area contributed by atoms with Gasteiger partial charge in [0, 0.05) is 6.20 Å². The Labute approximate surface area is 124 Å². The summed E-state index contributed by atoms with van der Waals surface area (Å²) in [4.78, 5) is 20.0. The van der Waals surface area contributed by atoms with E-state index in [4.69, 9.17) is 11.6 Å². The third kappa shape index (κ3) is 3.75. The van der Waals surface area contributed by atoms with Crippen molar-refractivity contribution in [1.29, 1.82) is 0 Å². The zero-order valence-corrected chi connectivity index (χ0v) is 12.5. The highest BCUT2D eigenvalue weighted by molar-refractivity contribution is 9.10. The largest absolute Gasteiger partial charge is 0.324 e. The highest BCUT2D eigenvalue weighted by atomic mass is 79.9. The lowest BCUT2D eigenvalue weighted by atomic mass is 10.1. The number of pyridine rings is 2. The van der Waals surface area contributed by atoms with Gasteiger partial charge in [0.05, 0.1) is 28.5 Å². The van der Waals surface area contributed by atoms with Gasteiger partial charge in [-0.1, -0.05) is 17.7 Å². The molecule has 2 aromatic rings. The van der Waals surface area contributed by atoms with Crippen LogP contribution >= 0.6 is 27.5 Å². The number of anilines is 1. The minimum Gasteiger partial charge on any atom is -0.324 e. The summed E-state index contributed by atoms with van der Waals surface area (Å²) in [6.07, 6.45) is 3.42. The Morgan fingerprint density at radius 2 is 2.26 bits per heavy atom. The van der Waals surface area contributed by atoms with Crippen molar-refractivity contribution in [3.05, 3.63) is 51.5 Å². The predicted molar refractivity (Wildman–Crippen MR) is 78.3 cm³/mol. The number of nitrogens with zero attached hydrogens (tertiary/aromatic N) is 2. The number of carbonyl (C=O) groups excluding carboxylic acids is 1. The van der Waals surface area contributed by atoms with Crippen LogP contribution in [0.15, 0.2) is 35.1 Å². The van der Waals surface area contributed by atoms with E-state index in [1.54, 1.807) is 12.3 Å². The number of hydrogen-bond donors (Lipinski definition) is 1. The molecule has 0 aliphatic carbocycles. The summed E-state index contributed by atoms with van der Waals surface area (Å²) < 4.78 is 0.640. The topological polar surface area (TPSA) is 54.9 Å². The van der Waals surface area contributed by atoms with Gasteiger partial charge < -0.3 is 5.32 Å². The molecule has 0 saturated carbocycles. The van der Waals surface area contributed by atoms with E-state index in [0.29, 0.717) is 15.3 Å². The van der Waals surface area contributed by atoms with Crippen LogP contribution in [0.3, 0.4) is 0 Å². The highest BCUT2D eigenvalue weighted by Gasteiger charge is 2.08. The smallest absolute Gasteiger partial charge is 0.230 e. The summed E-state index contributed by atoms with van der Waals surface area (Å²) in [6.45, 7) is 1.93. The fraction of sp³-hybridized carbons (Fsp3) is 0.154. The number of hydrogen-bond acceptors (Lipinski definition) is 3. The van der Waals surface area contributed by atoms with Crippen LogP contribution < -0.4 is 5.32 Å². The first-order valence-corrected chi connectivity index (χ1v) is 6.75. The molecule has 0 unspecified atom stereocenters. The van der Waals surface area contributed by atoms with Crippen LogP contribution in [0.25, 0.3) is 0 Å². The molecule has 0 atom stereocenters. The Balaban J connectivity index is 2.05. The molecule has 2 heterocycles. The summed E-state index contributed by atoms with van der Waals surface area (Å²) in [7, 11) is 0. The van der Waals surface area contributed by atoms with Crippen LogP contribution in [-0.4, -0.2) is 15.9 Å². The monoisotopic (exact) mass is 339 g/mol. The van der Waals surface area contributed by atoms with E-state index in [9.17, 15) is 4.79 Å². The van der Waals surface area contributed by atoms with E-state index in [0.717, 1.165) is 11.3 Å². The quantitative estimate of drug-likeness (QED) is 0.872. The molecule has 0 radical (unpaired) electrons. The van der Waals surface area contributed by atoms with Gasteiger partial charge in [0.25, 0.3) is 0 Å². The summed E-state index contributed by atoms with van der Waals surface area (Å²) in [6, 6.07) is 5.48. The van der Waals surface area contributed by atoms with Gasteiger partial charge in [0.1, 0.15) is 5.15 Å². The lowest BCUT2D eigenvalue weighted by molar-refractivity contribution is -0.115. The van der Waals surface area contributed by atoms with Crippen molar-refractivity contribution in [3.8, 4) is 0 Å². The fourth-order valence-corrected chi connectivity index (χ4v) is 2.00. The van der Waals surface area contributed by atoms with E-state index in [-0.39, 0.29) is 12.3 Å². The molecule has 4 nitrogen and oxygen atoms in total. The van der Waals surface area contributed by atoms with Crippen LogP contribution in [0.5, 0.6) is 0 Å². The average Bonchev–Trinajstić information content (AvgIpc) is 2.37. The van der Waals surface area contributed by atoms with E-state index < -0.39 is 0 Å². The Hall–Kier alpha value is -1.46. The standard InChI is InChI=1S/C13H11BrClN3O/c1-8-3-2-4-16-11(8)6-12(19)18-9-5-10(14)13(15)17-7-9/h2-5,7H,6H2,1H3,(H,18,19). The molecule has 1 N–H and O–H groups in total. The molecule has 0 aliphatic rings. The normalized spacial score (nSPS) is 10.3. The van der Waals surface area contributed by atoms with Crippen LogP contribution in [0, 0.1) is 6.92 Å². The van der Waals surface area contributed by atoms with Gasteiger partial charge in [-0.25, -0.2) is 4.98 Å². The maximum atomic E-state index is 11.9. The lowest BCUT2D eigenvalue weighted by Crippen LogP contribution is -2.16. The van der Waals surface area contributed by atoms with Gasteiger partial charge >= 0.3 is 0 Å². The zero-order valence-electron chi connectivity index (χ0n) is 10.2. The van der Waals surface area contributed by atoms with Gasteiger partial charge in [-0.3, -0.25) is 9.78 Å². The van der Waals surface area contributed by atoms with E-state index in [2.05, 4.69) is 31.2 Å². The number of halogens is 2. The molecule has 0 spiro atoms. The maximum Gasteiger partial charge on any atom is 0.230 e. The first-order chi connectivity index (χ1) is 9.06. The average molecular weight is 341 g/mol. The molecule has 1 amide bonds. The van der Waals surface area contributed by atoms with Gasteiger partial charge in [-0.2, -0.15) is 0 Å². The molecule has 0 aromatic carbocycles. The van der Waals surface area contributed by atoms with Crippen LogP contribution in [0.4, 0.5) is 5.69 Å². The summed E-state index contributed by atoms with van der Waals surface area (Å²) in [5, 5.41) is 3.12. The Kier molecular flexibility index (Phi) is 4.50. The lowest BCUT2D eigenvalue weighted by Gasteiger charge is -2.07. The molecule has 0 aliphatic heterocycles. The summed E-state index contributed by atoms with van der Waals surface area (Å²) in [5.74, 6) is -0.141. The molecule has 98 valence electrons. The van der Waals surface area contributed by atoms with Gasteiger partial charge in [-0.05, 0) is 40.5 Å². The number of carbonyl (C=O) groups is 1. The number of aryl methyl sites for hydroxylation is 1. The van der Waals surface area contributed by atoms with Gasteiger partial charge in [-0.15, -0.1) is 0 Å². The van der Waals surface area contributed by atoms with Crippen molar-refractivity contribution in [2.45, 2.75) is 13.3 Å². The first-order valence-electron chi connectivity index (χ1n) is 5.57. The van der Waals surface area contributed by atoms with Crippen molar-refractivity contribution >= 4 is 39.1 Å². The predicted octanol–water partition coefficient (Wildman–Crippen LogP) is 3.38. The molecule has 19 heavy (non-hydrogen) atoms. The molecular formula is C13H11BrClN3O. The van der Waals surface area contributed by atoms with Crippen LogP contribution in [-0.2, 0) is 11.2 Å². The molecule has 0 bridgehead atoms.